The molecule has 0 bridgehead atoms. The van der Waals surface area contributed by atoms with Gasteiger partial charge in [-0.15, -0.1) is 0 Å². The zero-order valence-electron chi connectivity index (χ0n) is 8.00. The predicted octanol–water partition coefficient (Wildman–Crippen LogP) is 1.89. The Morgan fingerprint density at radius 2 is 2.08 bits per heavy atom. The zero-order valence-corrected chi connectivity index (χ0v) is 8.00. The number of carbonyl (C=O) groups excluding carboxylic acids is 1. The van der Waals surface area contributed by atoms with E-state index in [4.69, 9.17) is 0 Å². The number of hydrogen-bond donors (Lipinski definition) is 1. The molecule has 0 spiro atoms. The van der Waals surface area contributed by atoms with Crippen LogP contribution < -0.4 is 5.32 Å². The largest absolute Gasteiger partial charge is 0.352 e. The van der Waals surface area contributed by atoms with Crippen LogP contribution in [0.25, 0.3) is 0 Å². The third-order valence-corrected chi connectivity index (χ3v) is 1.24. The van der Waals surface area contributed by atoms with Crippen molar-refractivity contribution in [2.45, 2.75) is 20.8 Å². The van der Waals surface area contributed by atoms with Gasteiger partial charge in [0.05, 0.1) is 0 Å². The molecule has 0 unspecified atom stereocenters. The van der Waals surface area contributed by atoms with Crippen LogP contribution in [0.15, 0.2) is 24.3 Å². The van der Waals surface area contributed by atoms with Crippen molar-refractivity contribution in [2.75, 3.05) is 6.54 Å². The van der Waals surface area contributed by atoms with Crippen molar-refractivity contribution in [3.05, 3.63) is 24.3 Å². The van der Waals surface area contributed by atoms with Gasteiger partial charge in [-0.25, -0.2) is 0 Å². The molecule has 0 rings (SSSR count). The molecule has 0 aliphatic heterocycles. The number of carbonyl (C=O) groups is 1. The molecule has 68 valence electrons. The van der Waals surface area contributed by atoms with Crippen LogP contribution in [0.3, 0.4) is 0 Å². The fourth-order valence-corrected chi connectivity index (χ4v) is 0.618. The van der Waals surface area contributed by atoms with Crippen LogP contribution in [0.1, 0.15) is 20.8 Å². The summed E-state index contributed by atoms with van der Waals surface area (Å²) < 4.78 is 0. The van der Waals surface area contributed by atoms with Gasteiger partial charge in [0.15, 0.2) is 0 Å². The lowest BCUT2D eigenvalue weighted by Gasteiger charge is -2.03. The van der Waals surface area contributed by atoms with Gasteiger partial charge in [-0.3, -0.25) is 4.79 Å². The summed E-state index contributed by atoms with van der Waals surface area (Å²) in [5, 5.41) is 2.78. The highest BCUT2D eigenvalue weighted by molar-refractivity contribution is 5.87. The molecular formula is C10H17NO. The normalized spacial score (nSPS) is 11.7. The number of nitrogens with one attached hydrogen (secondary N) is 1. The van der Waals surface area contributed by atoms with Crippen LogP contribution in [0.4, 0.5) is 0 Å². The number of hydrogen-bond acceptors (Lipinski definition) is 1. The second-order valence-electron chi connectivity index (χ2n) is 3.02. The van der Waals surface area contributed by atoms with E-state index in [1.807, 2.05) is 19.1 Å². The van der Waals surface area contributed by atoms with Crippen molar-refractivity contribution < 1.29 is 4.79 Å². The summed E-state index contributed by atoms with van der Waals surface area (Å²) in [6.07, 6.45) is 6.97. The smallest absolute Gasteiger partial charge is 0.243 e. The predicted molar refractivity (Wildman–Crippen MR) is 51.8 cm³/mol. The SMILES string of the molecule is CC=CC=CC(=O)NCC(C)C. The number of rotatable bonds is 4. The second kappa shape index (κ2) is 6.65. The summed E-state index contributed by atoms with van der Waals surface area (Å²) in [6, 6.07) is 0. The standard InChI is InChI=1S/C10H17NO/c1-4-5-6-7-10(12)11-8-9(2)3/h4-7,9H,8H2,1-3H3,(H,11,12). The minimum atomic E-state index is -0.0261. The summed E-state index contributed by atoms with van der Waals surface area (Å²) in [4.78, 5) is 11.0. The van der Waals surface area contributed by atoms with Gasteiger partial charge in [-0.2, -0.15) is 0 Å². The zero-order chi connectivity index (χ0) is 9.40. The van der Waals surface area contributed by atoms with Gasteiger partial charge in [0.2, 0.25) is 5.91 Å². The van der Waals surface area contributed by atoms with Crippen LogP contribution in [0.5, 0.6) is 0 Å². The Hall–Kier alpha value is -1.05. The van der Waals surface area contributed by atoms with E-state index in [2.05, 4.69) is 19.2 Å². The molecule has 2 heteroatoms. The van der Waals surface area contributed by atoms with Gasteiger partial charge in [-0.05, 0) is 12.8 Å². The molecular weight excluding hydrogens is 150 g/mol. The quantitative estimate of drug-likeness (QED) is 0.503. The monoisotopic (exact) mass is 167 g/mol. The molecule has 0 aliphatic carbocycles. The summed E-state index contributed by atoms with van der Waals surface area (Å²) in [5.41, 5.74) is 0. The Labute approximate surface area is 74.4 Å². The van der Waals surface area contributed by atoms with E-state index in [1.54, 1.807) is 6.08 Å². The Balaban J connectivity index is 3.59. The second-order valence-corrected chi connectivity index (χ2v) is 3.02. The van der Waals surface area contributed by atoms with Crippen LogP contribution in [0, 0.1) is 5.92 Å². The highest BCUT2D eigenvalue weighted by atomic mass is 16.1. The molecule has 0 aliphatic rings. The third kappa shape index (κ3) is 7.06. The third-order valence-electron chi connectivity index (χ3n) is 1.24. The fraction of sp³-hybridized carbons (Fsp3) is 0.500. The Kier molecular flexibility index (Phi) is 6.07. The molecule has 0 atom stereocenters. The van der Waals surface area contributed by atoms with Crippen LogP contribution in [-0.4, -0.2) is 12.5 Å². The maximum atomic E-state index is 11.0. The van der Waals surface area contributed by atoms with E-state index < -0.39 is 0 Å². The van der Waals surface area contributed by atoms with Crippen LogP contribution in [0.2, 0.25) is 0 Å². The molecule has 0 saturated heterocycles. The first-order chi connectivity index (χ1) is 5.66. The molecule has 0 saturated carbocycles. The molecule has 1 N–H and O–H groups in total. The van der Waals surface area contributed by atoms with Crippen molar-refractivity contribution in [1.29, 1.82) is 0 Å². The maximum Gasteiger partial charge on any atom is 0.243 e. The molecule has 0 heterocycles. The molecule has 12 heavy (non-hydrogen) atoms. The topological polar surface area (TPSA) is 29.1 Å². The highest BCUT2D eigenvalue weighted by Crippen LogP contribution is 1.87. The first kappa shape index (κ1) is 11.0. The number of allylic oxidation sites excluding steroid dienone is 3. The van der Waals surface area contributed by atoms with Gasteiger partial charge >= 0.3 is 0 Å². The van der Waals surface area contributed by atoms with E-state index in [1.165, 1.54) is 6.08 Å². The Morgan fingerprint density at radius 3 is 2.58 bits per heavy atom. The lowest BCUT2D eigenvalue weighted by Crippen LogP contribution is -2.25. The summed E-state index contributed by atoms with van der Waals surface area (Å²) in [5.74, 6) is 0.478. The van der Waals surface area contributed by atoms with Crippen LogP contribution in [-0.2, 0) is 4.79 Å². The average Bonchev–Trinajstić information content (AvgIpc) is 2.01. The minimum Gasteiger partial charge on any atom is -0.352 e. The molecule has 0 aromatic rings. The lowest BCUT2D eigenvalue weighted by molar-refractivity contribution is -0.116. The van der Waals surface area contributed by atoms with Gasteiger partial charge in [0.1, 0.15) is 0 Å². The molecule has 0 aromatic carbocycles. The highest BCUT2D eigenvalue weighted by Gasteiger charge is 1.95. The molecule has 0 aromatic heterocycles. The van der Waals surface area contributed by atoms with Gasteiger partial charge in [-0.1, -0.05) is 32.1 Å². The van der Waals surface area contributed by atoms with Crippen molar-refractivity contribution in [2.24, 2.45) is 5.92 Å². The molecule has 1 amide bonds. The van der Waals surface area contributed by atoms with E-state index in [0.29, 0.717) is 5.92 Å². The van der Waals surface area contributed by atoms with Crippen molar-refractivity contribution in [3.8, 4) is 0 Å². The summed E-state index contributed by atoms with van der Waals surface area (Å²) in [7, 11) is 0. The number of amides is 1. The first-order valence-electron chi connectivity index (χ1n) is 4.24. The van der Waals surface area contributed by atoms with Crippen molar-refractivity contribution in [1.82, 2.24) is 5.32 Å². The van der Waals surface area contributed by atoms with E-state index in [-0.39, 0.29) is 5.91 Å². The average molecular weight is 167 g/mol. The fourth-order valence-electron chi connectivity index (χ4n) is 0.618. The van der Waals surface area contributed by atoms with Crippen molar-refractivity contribution >= 4 is 5.91 Å². The van der Waals surface area contributed by atoms with E-state index in [0.717, 1.165) is 6.54 Å². The molecule has 2 nitrogen and oxygen atoms in total. The van der Waals surface area contributed by atoms with Crippen LogP contribution >= 0.6 is 0 Å². The molecule has 0 radical (unpaired) electrons. The van der Waals surface area contributed by atoms with Gasteiger partial charge < -0.3 is 5.32 Å². The van der Waals surface area contributed by atoms with Crippen molar-refractivity contribution in [3.63, 3.8) is 0 Å². The maximum absolute atomic E-state index is 11.0. The summed E-state index contributed by atoms with van der Waals surface area (Å²) in [6.45, 7) is 6.78. The minimum absolute atomic E-state index is 0.0261. The molecule has 0 fully saturated rings. The Morgan fingerprint density at radius 1 is 1.42 bits per heavy atom. The lowest BCUT2D eigenvalue weighted by atomic mass is 10.2. The first-order valence-corrected chi connectivity index (χ1v) is 4.24. The summed E-state index contributed by atoms with van der Waals surface area (Å²) >= 11 is 0. The van der Waals surface area contributed by atoms with E-state index in [9.17, 15) is 4.79 Å². The van der Waals surface area contributed by atoms with E-state index >= 15 is 0 Å². The van der Waals surface area contributed by atoms with Gasteiger partial charge in [0, 0.05) is 12.6 Å². The Bertz CT molecular complexity index is 180. The van der Waals surface area contributed by atoms with Gasteiger partial charge in [0.25, 0.3) is 0 Å².